The molecule has 0 saturated carbocycles. The lowest BCUT2D eigenvalue weighted by Crippen LogP contribution is -2.32. The van der Waals surface area contributed by atoms with Crippen LogP contribution < -0.4 is 5.73 Å². The predicted molar refractivity (Wildman–Crippen MR) is 84.0 cm³/mol. The lowest BCUT2D eigenvalue weighted by molar-refractivity contribution is -0.130. The molecule has 1 fully saturated rings. The van der Waals surface area contributed by atoms with Crippen molar-refractivity contribution in [1.29, 1.82) is 0 Å². The second kappa shape index (κ2) is 7.94. The maximum atomic E-state index is 12.3. The van der Waals surface area contributed by atoms with E-state index in [1.165, 1.54) is 5.56 Å². The van der Waals surface area contributed by atoms with Crippen molar-refractivity contribution in [2.45, 2.75) is 19.3 Å². The minimum Gasteiger partial charge on any atom is -0.384 e. The monoisotopic (exact) mass is 304 g/mol. The van der Waals surface area contributed by atoms with Crippen LogP contribution in [0, 0.1) is 11.8 Å². The molecule has 0 aliphatic carbocycles. The Labute approximate surface area is 131 Å². The zero-order valence-electron chi connectivity index (χ0n) is 13.0. The number of nitrogens with two attached hydrogens (primary N) is 1. The van der Waals surface area contributed by atoms with E-state index >= 15 is 0 Å². The van der Waals surface area contributed by atoms with Gasteiger partial charge in [-0.05, 0) is 18.4 Å². The molecule has 2 amide bonds. The van der Waals surface area contributed by atoms with Gasteiger partial charge in [0.05, 0.1) is 12.5 Å². The number of rotatable bonds is 7. The van der Waals surface area contributed by atoms with E-state index in [1.807, 2.05) is 18.2 Å². The summed E-state index contributed by atoms with van der Waals surface area (Å²) >= 11 is 0. The smallest absolute Gasteiger partial charge is 0.222 e. The summed E-state index contributed by atoms with van der Waals surface area (Å²) in [4.78, 5) is 25.5. The van der Waals surface area contributed by atoms with Gasteiger partial charge in [0.25, 0.3) is 0 Å². The fourth-order valence-electron chi connectivity index (χ4n) is 3.03. The first-order valence-electron chi connectivity index (χ1n) is 7.71. The van der Waals surface area contributed by atoms with Crippen molar-refractivity contribution < 1.29 is 14.3 Å². The number of aryl methyl sites for hydroxylation is 1. The van der Waals surface area contributed by atoms with Crippen molar-refractivity contribution in [3.8, 4) is 0 Å². The topological polar surface area (TPSA) is 72.6 Å². The number of benzene rings is 1. The van der Waals surface area contributed by atoms with Crippen LogP contribution in [0.3, 0.4) is 0 Å². The minimum absolute atomic E-state index is 0.0144. The summed E-state index contributed by atoms with van der Waals surface area (Å²) in [6.45, 7) is 1.44. The standard InChI is InChI=1S/C17H24N2O3/c1-22-12-14-10-19(11-15(14)17(18)21)16(20)9-5-8-13-6-3-2-4-7-13/h2-4,6-7,14-15H,5,8-12H2,1H3,(H2,18,21)/t14-,15+/m0/s1. The Morgan fingerprint density at radius 2 is 2.00 bits per heavy atom. The number of hydrogen-bond donors (Lipinski definition) is 1. The third kappa shape index (κ3) is 4.31. The van der Waals surface area contributed by atoms with E-state index in [-0.39, 0.29) is 23.7 Å². The number of amides is 2. The van der Waals surface area contributed by atoms with Crippen molar-refractivity contribution in [3.63, 3.8) is 0 Å². The second-order valence-electron chi connectivity index (χ2n) is 5.86. The Kier molecular flexibility index (Phi) is 5.95. The number of likely N-dealkylation sites (tertiary alicyclic amines) is 1. The summed E-state index contributed by atoms with van der Waals surface area (Å²) in [5.41, 5.74) is 6.66. The van der Waals surface area contributed by atoms with Gasteiger partial charge in [0.15, 0.2) is 0 Å². The van der Waals surface area contributed by atoms with Crippen LogP contribution in [0.15, 0.2) is 30.3 Å². The average Bonchev–Trinajstić information content (AvgIpc) is 2.93. The zero-order chi connectivity index (χ0) is 15.9. The van der Waals surface area contributed by atoms with E-state index in [2.05, 4.69) is 12.1 Å². The van der Waals surface area contributed by atoms with Crippen LogP contribution in [0.4, 0.5) is 0 Å². The normalized spacial score (nSPS) is 21.0. The van der Waals surface area contributed by atoms with Gasteiger partial charge in [-0.15, -0.1) is 0 Å². The van der Waals surface area contributed by atoms with Crippen molar-refractivity contribution in [2.75, 3.05) is 26.8 Å². The van der Waals surface area contributed by atoms with Gasteiger partial charge in [-0.1, -0.05) is 30.3 Å². The maximum Gasteiger partial charge on any atom is 0.222 e. The molecule has 0 aromatic heterocycles. The first kappa shape index (κ1) is 16.5. The summed E-state index contributed by atoms with van der Waals surface area (Å²) < 4.78 is 5.13. The summed E-state index contributed by atoms with van der Waals surface area (Å²) in [5, 5.41) is 0. The first-order valence-corrected chi connectivity index (χ1v) is 7.71. The molecule has 0 spiro atoms. The lowest BCUT2D eigenvalue weighted by Gasteiger charge is -2.16. The van der Waals surface area contributed by atoms with Gasteiger partial charge in [-0.3, -0.25) is 9.59 Å². The molecule has 1 aromatic rings. The van der Waals surface area contributed by atoms with E-state index in [1.54, 1.807) is 12.0 Å². The molecule has 0 radical (unpaired) electrons. The van der Waals surface area contributed by atoms with Gasteiger partial charge in [-0.2, -0.15) is 0 Å². The van der Waals surface area contributed by atoms with Gasteiger partial charge in [0, 0.05) is 32.5 Å². The Bertz CT molecular complexity index is 504. The Morgan fingerprint density at radius 3 is 2.64 bits per heavy atom. The van der Waals surface area contributed by atoms with E-state index < -0.39 is 0 Å². The zero-order valence-corrected chi connectivity index (χ0v) is 13.0. The van der Waals surface area contributed by atoms with Gasteiger partial charge >= 0.3 is 0 Å². The SMILES string of the molecule is COC[C@@H]1CN(C(=O)CCCc2ccccc2)C[C@H]1C(N)=O. The van der Waals surface area contributed by atoms with E-state index in [4.69, 9.17) is 10.5 Å². The molecular weight excluding hydrogens is 280 g/mol. The number of carbonyl (C=O) groups is 2. The number of methoxy groups -OCH3 is 1. The molecule has 0 bridgehead atoms. The Balaban J connectivity index is 1.81. The quantitative estimate of drug-likeness (QED) is 0.823. The van der Waals surface area contributed by atoms with Crippen molar-refractivity contribution in [2.24, 2.45) is 17.6 Å². The molecule has 1 heterocycles. The summed E-state index contributed by atoms with van der Waals surface area (Å²) in [7, 11) is 1.60. The fraction of sp³-hybridized carbons (Fsp3) is 0.529. The molecule has 120 valence electrons. The highest BCUT2D eigenvalue weighted by Crippen LogP contribution is 2.24. The van der Waals surface area contributed by atoms with Crippen molar-refractivity contribution in [3.05, 3.63) is 35.9 Å². The lowest BCUT2D eigenvalue weighted by atomic mass is 9.96. The Hall–Kier alpha value is -1.88. The second-order valence-corrected chi connectivity index (χ2v) is 5.86. The molecule has 1 aromatic carbocycles. The van der Waals surface area contributed by atoms with Gasteiger partial charge in [0.2, 0.25) is 11.8 Å². The van der Waals surface area contributed by atoms with Gasteiger partial charge in [-0.25, -0.2) is 0 Å². The highest BCUT2D eigenvalue weighted by Gasteiger charge is 2.38. The van der Waals surface area contributed by atoms with Crippen LogP contribution in [-0.2, 0) is 20.7 Å². The highest BCUT2D eigenvalue weighted by molar-refractivity contribution is 5.81. The van der Waals surface area contributed by atoms with Gasteiger partial charge in [0.1, 0.15) is 0 Å². The third-order valence-electron chi connectivity index (χ3n) is 4.24. The van der Waals surface area contributed by atoms with Crippen LogP contribution in [0.2, 0.25) is 0 Å². The fourth-order valence-corrected chi connectivity index (χ4v) is 3.03. The molecule has 1 aliphatic heterocycles. The molecule has 1 aliphatic rings. The number of nitrogens with zero attached hydrogens (tertiary/aromatic N) is 1. The molecular formula is C17H24N2O3. The highest BCUT2D eigenvalue weighted by atomic mass is 16.5. The van der Waals surface area contributed by atoms with E-state index in [9.17, 15) is 9.59 Å². The van der Waals surface area contributed by atoms with Crippen molar-refractivity contribution >= 4 is 11.8 Å². The van der Waals surface area contributed by atoms with Crippen LogP contribution >= 0.6 is 0 Å². The number of carbonyl (C=O) groups excluding carboxylic acids is 2. The molecule has 2 N–H and O–H groups in total. The molecule has 5 nitrogen and oxygen atoms in total. The van der Waals surface area contributed by atoms with Crippen LogP contribution in [0.5, 0.6) is 0 Å². The number of primary amides is 1. The van der Waals surface area contributed by atoms with Gasteiger partial charge < -0.3 is 15.4 Å². The average molecular weight is 304 g/mol. The molecule has 22 heavy (non-hydrogen) atoms. The summed E-state index contributed by atoms with van der Waals surface area (Å²) in [5.74, 6) is -0.527. The third-order valence-corrected chi connectivity index (χ3v) is 4.24. The predicted octanol–water partition coefficient (Wildman–Crippen LogP) is 1.22. The van der Waals surface area contributed by atoms with E-state index in [0.29, 0.717) is 26.1 Å². The first-order chi connectivity index (χ1) is 10.6. The van der Waals surface area contributed by atoms with Crippen LogP contribution in [0.1, 0.15) is 18.4 Å². The minimum atomic E-state index is -0.346. The Morgan fingerprint density at radius 1 is 1.27 bits per heavy atom. The molecule has 2 atom stereocenters. The van der Waals surface area contributed by atoms with Crippen molar-refractivity contribution in [1.82, 2.24) is 4.90 Å². The van der Waals surface area contributed by atoms with Crippen LogP contribution in [-0.4, -0.2) is 43.5 Å². The summed E-state index contributed by atoms with van der Waals surface area (Å²) in [6.07, 6.45) is 2.21. The maximum absolute atomic E-state index is 12.3. The molecule has 0 unspecified atom stereocenters. The number of hydrogen-bond acceptors (Lipinski definition) is 3. The summed E-state index contributed by atoms with van der Waals surface area (Å²) in [6, 6.07) is 10.1. The number of ether oxygens (including phenoxy) is 1. The molecule has 1 saturated heterocycles. The largest absolute Gasteiger partial charge is 0.384 e. The molecule has 5 heteroatoms. The molecule has 2 rings (SSSR count). The van der Waals surface area contributed by atoms with Crippen LogP contribution in [0.25, 0.3) is 0 Å². The van der Waals surface area contributed by atoms with E-state index in [0.717, 1.165) is 12.8 Å².